The normalized spacial score (nSPS) is 17.0. The second-order valence-electron chi connectivity index (χ2n) is 13.2. The predicted octanol–water partition coefficient (Wildman–Crippen LogP) is 8.05. The molecule has 5 rings (SSSR count). The quantitative estimate of drug-likeness (QED) is 0.151. The molecule has 1 aliphatic rings. The van der Waals surface area contributed by atoms with Crippen LogP contribution >= 0.6 is 0 Å². The van der Waals surface area contributed by atoms with Crippen LogP contribution in [-0.2, 0) is 30.1 Å². The molecule has 0 aliphatic carbocycles. The summed E-state index contributed by atoms with van der Waals surface area (Å²) in [6.45, 7) is 4.35. The Morgan fingerprint density at radius 2 is 1.55 bits per heavy atom. The number of halogens is 6. The maximum atomic E-state index is 13.8. The molecule has 3 atom stereocenters. The first kappa shape index (κ1) is 39.1. The van der Waals surface area contributed by atoms with E-state index in [1.54, 1.807) is 6.92 Å². The number of rotatable bonds is 11. The first-order chi connectivity index (χ1) is 25.0. The number of carbonyl (C=O) groups is 2. The molecule has 2 amide bonds. The number of carbonyl (C=O) groups excluding carboxylic acids is 2. The van der Waals surface area contributed by atoms with Gasteiger partial charge in [-0.05, 0) is 79.7 Å². The molecule has 8 nitrogen and oxygen atoms in total. The molecule has 0 spiro atoms. The summed E-state index contributed by atoms with van der Waals surface area (Å²) >= 11 is 0. The molecule has 4 aromatic carbocycles. The van der Waals surface area contributed by atoms with Gasteiger partial charge in [0.2, 0.25) is 5.91 Å². The third kappa shape index (κ3) is 10.1. The van der Waals surface area contributed by atoms with Crippen molar-refractivity contribution < 1.29 is 50.5 Å². The SMILES string of the molecule is CC(CO)N1C[C@@H](C)[C@@H](CN(C)Cc2ccc(Oc3ccccc3)cc2)Oc2c(NC(=O)Cc3cc(C(F)(F)F)cc(C(F)(F)F)c3)cccc2C1=O. The Morgan fingerprint density at radius 1 is 0.925 bits per heavy atom. The summed E-state index contributed by atoms with van der Waals surface area (Å²) in [4.78, 5) is 30.6. The molecule has 0 saturated heterocycles. The van der Waals surface area contributed by atoms with E-state index in [1.807, 2.05) is 73.5 Å². The lowest BCUT2D eigenvalue weighted by molar-refractivity contribution is -0.143. The minimum Gasteiger partial charge on any atom is -0.486 e. The van der Waals surface area contributed by atoms with Crippen LogP contribution in [0.4, 0.5) is 32.0 Å². The number of benzene rings is 4. The van der Waals surface area contributed by atoms with Crippen LogP contribution < -0.4 is 14.8 Å². The topological polar surface area (TPSA) is 91.3 Å². The Morgan fingerprint density at radius 3 is 2.15 bits per heavy atom. The van der Waals surface area contributed by atoms with Crippen LogP contribution in [0, 0.1) is 5.92 Å². The van der Waals surface area contributed by atoms with Crippen molar-refractivity contribution in [1.29, 1.82) is 0 Å². The van der Waals surface area contributed by atoms with Gasteiger partial charge in [0, 0.05) is 25.6 Å². The fourth-order valence-corrected chi connectivity index (χ4v) is 6.03. The number of aliphatic hydroxyl groups is 1. The highest BCUT2D eigenvalue weighted by atomic mass is 19.4. The van der Waals surface area contributed by atoms with Crippen molar-refractivity contribution in [3.05, 3.63) is 119 Å². The van der Waals surface area contributed by atoms with Crippen molar-refractivity contribution in [3.8, 4) is 17.2 Å². The summed E-state index contributed by atoms with van der Waals surface area (Å²) in [5.41, 5.74) is -2.52. The molecule has 282 valence electrons. The lowest BCUT2D eigenvalue weighted by Crippen LogP contribution is -2.49. The molecule has 0 aromatic heterocycles. The van der Waals surface area contributed by atoms with Gasteiger partial charge in [0.15, 0.2) is 5.75 Å². The zero-order valence-electron chi connectivity index (χ0n) is 29.2. The highest BCUT2D eigenvalue weighted by Crippen LogP contribution is 2.38. The maximum Gasteiger partial charge on any atom is 0.416 e. The van der Waals surface area contributed by atoms with Crippen molar-refractivity contribution in [2.75, 3.05) is 32.1 Å². The Labute approximate surface area is 302 Å². The van der Waals surface area contributed by atoms with E-state index in [2.05, 4.69) is 5.32 Å². The number of ether oxygens (including phenoxy) is 2. The summed E-state index contributed by atoms with van der Waals surface area (Å²) in [6.07, 6.45) is -11.5. The fraction of sp³-hybridized carbons (Fsp3) is 0.333. The van der Waals surface area contributed by atoms with E-state index in [9.17, 15) is 41.0 Å². The summed E-state index contributed by atoms with van der Waals surface area (Å²) in [5.74, 6) is -0.332. The summed E-state index contributed by atoms with van der Waals surface area (Å²) in [6, 6.07) is 21.8. The summed E-state index contributed by atoms with van der Waals surface area (Å²) < 4.78 is 93.1. The molecule has 53 heavy (non-hydrogen) atoms. The lowest BCUT2D eigenvalue weighted by Gasteiger charge is -2.38. The van der Waals surface area contributed by atoms with Crippen LogP contribution in [0.5, 0.6) is 17.2 Å². The Bertz CT molecular complexity index is 1850. The molecular weight excluding hydrogens is 704 g/mol. The number of aliphatic hydroxyl groups excluding tert-OH is 1. The van der Waals surface area contributed by atoms with Gasteiger partial charge in [0.25, 0.3) is 5.91 Å². The van der Waals surface area contributed by atoms with E-state index < -0.39 is 59.4 Å². The average molecular weight is 744 g/mol. The predicted molar refractivity (Wildman–Crippen MR) is 186 cm³/mol. The van der Waals surface area contributed by atoms with Gasteiger partial charge in [-0.1, -0.05) is 43.3 Å². The third-order valence-electron chi connectivity index (χ3n) is 8.82. The summed E-state index contributed by atoms with van der Waals surface area (Å²) in [7, 11) is 1.89. The maximum absolute atomic E-state index is 13.8. The van der Waals surface area contributed by atoms with Gasteiger partial charge in [-0.2, -0.15) is 26.3 Å². The third-order valence-corrected chi connectivity index (χ3v) is 8.82. The van der Waals surface area contributed by atoms with E-state index in [1.165, 1.54) is 23.1 Å². The van der Waals surface area contributed by atoms with Gasteiger partial charge in [0.05, 0.1) is 41.4 Å². The molecule has 4 aromatic rings. The van der Waals surface area contributed by atoms with Crippen LogP contribution in [0.15, 0.2) is 91.0 Å². The monoisotopic (exact) mass is 743 g/mol. The minimum absolute atomic E-state index is 0.00610. The van der Waals surface area contributed by atoms with Gasteiger partial charge in [-0.25, -0.2) is 0 Å². The molecule has 1 aliphatic heterocycles. The highest BCUT2D eigenvalue weighted by Gasteiger charge is 2.38. The van der Waals surface area contributed by atoms with Crippen LogP contribution in [-0.4, -0.2) is 65.6 Å². The van der Waals surface area contributed by atoms with E-state index >= 15 is 0 Å². The number of hydrogen-bond donors (Lipinski definition) is 2. The molecule has 2 N–H and O–H groups in total. The lowest BCUT2D eigenvalue weighted by atomic mass is 9.98. The average Bonchev–Trinajstić information content (AvgIpc) is 3.10. The number of likely N-dealkylation sites (N-methyl/N-ethyl adjacent to an activating group) is 1. The Hall–Kier alpha value is -5.08. The van der Waals surface area contributed by atoms with E-state index in [-0.39, 0.29) is 42.1 Å². The number of nitrogens with one attached hydrogen (secondary N) is 1. The van der Waals surface area contributed by atoms with Crippen molar-refractivity contribution in [3.63, 3.8) is 0 Å². The van der Waals surface area contributed by atoms with Crippen LogP contribution in [0.3, 0.4) is 0 Å². The minimum atomic E-state index is -5.08. The molecule has 0 saturated carbocycles. The van der Waals surface area contributed by atoms with Gasteiger partial charge in [-0.15, -0.1) is 0 Å². The van der Waals surface area contributed by atoms with Crippen LogP contribution in [0.25, 0.3) is 0 Å². The molecule has 1 unspecified atom stereocenters. The van der Waals surface area contributed by atoms with Gasteiger partial charge in [-0.3, -0.25) is 14.5 Å². The van der Waals surface area contributed by atoms with Crippen molar-refractivity contribution in [2.45, 2.75) is 51.3 Å². The van der Waals surface area contributed by atoms with Crippen LogP contribution in [0.1, 0.15) is 46.5 Å². The second-order valence-corrected chi connectivity index (χ2v) is 13.2. The molecule has 0 radical (unpaired) electrons. The molecule has 0 bridgehead atoms. The zero-order chi connectivity index (χ0) is 38.5. The number of fused-ring (bicyclic) bond motifs is 1. The number of amides is 2. The molecule has 1 heterocycles. The van der Waals surface area contributed by atoms with Gasteiger partial charge < -0.3 is 24.8 Å². The highest BCUT2D eigenvalue weighted by molar-refractivity contribution is 6.02. The number of para-hydroxylation sites is 2. The standard InChI is InChI=1S/C39H39F6N3O5/c1-24-20-48(25(2)23-49)37(51)32-10-7-11-33(46-35(50)18-27-16-28(38(40,41)42)19-29(17-27)39(43,44)45)36(32)53-34(24)22-47(3)21-26-12-14-31(15-13-26)52-30-8-5-4-6-9-30/h4-17,19,24-25,34,49H,18,20-23H2,1-3H3,(H,46,50)/t24-,25?,34-/m1/s1. The molecular formula is C39H39F6N3O5. The Kier molecular flexibility index (Phi) is 12.0. The second kappa shape index (κ2) is 16.3. The zero-order valence-corrected chi connectivity index (χ0v) is 29.2. The van der Waals surface area contributed by atoms with E-state index in [0.29, 0.717) is 36.7 Å². The first-order valence-electron chi connectivity index (χ1n) is 16.8. The van der Waals surface area contributed by atoms with Crippen molar-refractivity contribution >= 4 is 17.5 Å². The van der Waals surface area contributed by atoms with E-state index in [0.717, 1.165) is 5.56 Å². The fourth-order valence-electron chi connectivity index (χ4n) is 6.03. The van der Waals surface area contributed by atoms with Gasteiger partial charge in [0.1, 0.15) is 17.6 Å². The van der Waals surface area contributed by atoms with Crippen molar-refractivity contribution in [2.24, 2.45) is 5.92 Å². The van der Waals surface area contributed by atoms with Gasteiger partial charge >= 0.3 is 12.4 Å². The molecule has 0 fully saturated rings. The summed E-state index contributed by atoms with van der Waals surface area (Å²) in [5, 5.41) is 12.5. The number of anilines is 1. The largest absolute Gasteiger partial charge is 0.486 e. The van der Waals surface area contributed by atoms with Crippen molar-refractivity contribution in [1.82, 2.24) is 9.80 Å². The Balaban J connectivity index is 1.38. The smallest absolute Gasteiger partial charge is 0.416 e. The van der Waals surface area contributed by atoms with Crippen LogP contribution in [0.2, 0.25) is 0 Å². The number of alkyl halides is 6. The molecule has 14 heteroatoms. The van der Waals surface area contributed by atoms with E-state index in [4.69, 9.17) is 9.47 Å². The first-order valence-corrected chi connectivity index (χ1v) is 16.8. The number of hydrogen-bond acceptors (Lipinski definition) is 6. The number of nitrogens with zero attached hydrogens (tertiary/aromatic N) is 2.